The number of carbonyl (C=O) groups is 1. The highest BCUT2D eigenvalue weighted by molar-refractivity contribution is 5.83. The van der Waals surface area contributed by atoms with E-state index in [4.69, 9.17) is 0 Å². The molecule has 21 heavy (non-hydrogen) atoms. The Morgan fingerprint density at radius 3 is 2.14 bits per heavy atom. The molecule has 1 atom stereocenters. The largest absolute Gasteiger partial charge is 0.349 e. The minimum atomic E-state index is -0.000690. The van der Waals surface area contributed by atoms with Crippen molar-refractivity contribution in [2.75, 3.05) is 6.54 Å². The van der Waals surface area contributed by atoms with Crippen LogP contribution in [0, 0.1) is 23.2 Å². The lowest BCUT2D eigenvalue weighted by molar-refractivity contribution is -0.132. The molecule has 118 valence electrons. The quantitative estimate of drug-likeness (QED) is 0.821. The molecule has 5 aliphatic rings. The van der Waals surface area contributed by atoms with E-state index < -0.39 is 0 Å². The van der Waals surface area contributed by atoms with Crippen molar-refractivity contribution in [1.29, 1.82) is 0 Å². The molecule has 1 amide bonds. The van der Waals surface area contributed by atoms with Gasteiger partial charge in [-0.25, -0.2) is 0 Å². The molecule has 0 spiro atoms. The second-order valence-corrected chi connectivity index (χ2v) is 9.17. The van der Waals surface area contributed by atoms with Gasteiger partial charge in [-0.15, -0.1) is 0 Å². The Bertz CT molecular complexity index is 407. The molecular weight excluding hydrogens is 260 g/mol. The van der Waals surface area contributed by atoms with Gasteiger partial charge in [0, 0.05) is 5.54 Å². The lowest BCUT2D eigenvalue weighted by Gasteiger charge is -2.57. The van der Waals surface area contributed by atoms with E-state index in [1.807, 2.05) is 0 Å². The van der Waals surface area contributed by atoms with Crippen molar-refractivity contribution in [3.05, 3.63) is 0 Å². The van der Waals surface area contributed by atoms with Crippen LogP contribution in [0.4, 0.5) is 0 Å². The van der Waals surface area contributed by atoms with E-state index >= 15 is 0 Å². The van der Waals surface area contributed by atoms with Crippen LogP contribution in [0.5, 0.6) is 0 Å². The monoisotopic (exact) mass is 290 g/mol. The maximum atomic E-state index is 12.9. The number of nitrogens with one attached hydrogen (secondary N) is 2. The Kier molecular flexibility index (Phi) is 3.15. The van der Waals surface area contributed by atoms with Crippen molar-refractivity contribution in [2.45, 2.75) is 76.8 Å². The van der Waals surface area contributed by atoms with Crippen molar-refractivity contribution >= 4 is 5.91 Å². The third-order valence-electron chi connectivity index (χ3n) is 6.82. The fourth-order valence-corrected chi connectivity index (χ4v) is 6.26. The van der Waals surface area contributed by atoms with Crippen LogP contribution in [0.15, 0.2) is 0 Å². The second-order valence-electron chi connectivity index (χ2n) is 9.17. The van der Waals surface area contributed by atoms with Gasteiger partial charge in [-0.2, -0.15) is 0 Å². The van der Waals surface area contributed by atoms with Crippen molar-refractivity contribution in [1.82, 2.24) is 10.6 Å². The lowest BCUT2D eigenvalue weighted by Crippen LogP contribution is -2.64. The van der Waals surface area contributed by atoms with Crippen LogP contribution in [0.3, 0.4) is 0 Å². The van der Waals surface area contributed by atoms with Crippen molar-refractivity contribution < 1.29 is 4.79 Å². The Morgan fingerprint density at radius 2 is 1.62 bits per heavy atom. The van der Waals surface area contributed by atoms with Gasteiger partial charge in [0.05, 0.1) is 6.04 Å². The average molecular weight is 290 g/mol. The normalized spacial score (nSPS) is 47.3. The van der Waals surface area contributed by atoms with Gasteiger partial charge in [-0.1, -0.05) is 13.8 Å². The van der Waals surface area contributed by atoms with Crippen LogP contribution in [-0.4, -0.2) is 24.0 Å². The first kappa shape index (κ1) is 14.0. The van der Waals surface area contributed by atoms with E-state index in [1.54, 1.807) is 0 Å². The molecular formula is C18H30N2O. The van der Waals surface area contributed by atoms with E-state index in [-0.39, 0.29) is 22.9 Å². The molecule has 3 heteroatoms. The van der Waals surface area contributed by atoms with Gasteiger partial charge in [-0.05, 0) is 81.1 Å². The summed E-state index contributed by atoms with van der Waals surface area (Å²) < 4.78 is 0. The average Bonchev–Trinajstić information content (AvgIpc) is 2.35. The first-order valence-corrected chi connectivity index (χ1v) is 9.01. The van der Waals surface area contributed by atoms with E-state index in [1.165, 1.54) is 44.9 Å². The highest BCUT2D eigenvalue weighted by atomic mass is 16.2. The number of carbonyl (C=O) groups excluding carboxylic acids is 1. The van der Waals surface area contributed by atoms with Gasteiger partial charge < -0.3 is 10.6 Å². The van der Waals surface area contributed by atoms with Crippen LogP contribution < -0.4 is 10.6 Å². The minimum Gasteiger partial charge on any atom is -0.349 e. The molecule has 0 aromatic rings. The van der Waals surface area contributed by atoms with Crippen molar-refractivity contribution in [3.63, 3.8) is 0 Å². The fourth-order valence-electron chi connectivity index (χ4n) is 6.26. The molecule has 0 radical (unpaired) electrons. The molecule has 0 aromatic heterocycles. The van der Waals surface area contributed by atoms with E-state index in [2.05, 4.69) is 24.5 Å². The Balaban J connectivity index is 1.49. The summed E-state index contributed by atoms with van der Waals surface area (Å²) >= 11 is 0. The summed E-state index contributed by atoms with van der Waals surface area (Å²) in [4.78, 5) is 12.9. The summed E-state index contributed by atoms with van der Waals surface area (Å²) in [5.74, 6) is 2.96. The van der Waals surface area contributed by atoms with Crippen LogP contribution in [0.25, 0.3) is 0 Å². The molecule has 4 saturated carbocycles. The SMILES string of the molecule is CC1(C)CCCNC1C(=O)NC12CC3CC(CC(C3)C1)C2. The Labute approximate surface area is 128 Å². The Morgan fingerprint density at radius 1 is 1.05 bits per heavy atom. The first-order valence-electron chi connectivity index (χ1n) is 9.01. The van der Waals surface area contributed by atoms with E-state index in [0.29, 0.717) is 0 Å². The molecule has 4 bridgehead atoms. The molecule has 1 heterocycles. The number of amides is 1. The lowest BCUT2D eigenvalue weighted by atomic mass is 9.53. The molecule has 1 aliphatic heterocycles. The highest BCUT2D eigenvalue weighted by Gasteiger charge is 2.52. The minimum absolute atomic E-state index is 0.000690. The summed E-state index contributed by atoms with van der Waals surface area (Å²) in [7, 11) is 0. The summed E-state index contributed by atoms with van der Waals surface area (Å²) in [5.41, 5.74) is 0.242. The van der Waals surface area contributed by atoms with Crippen molar-refractivity contribution in [3.8, 4) is 0 Å². The standard InChI is InChI=1S/C18H30N2O/c1-17(2)4-3-5-19-15(17)16(21)20-18-9-12-6-13(10-18)8-14(7-12)11-18/h12-15,19H,3-11H2,1-2H3,(H,20,21). The summed E-state index contributed by atoms with van der Waals surface area (Å²) in [6.45, 7) is 5.47. The van der Waals surface area contributed by atoms with Gasteiger partial charge in [0.2, 0.25) is 5.91 Å². The first-order chi connectivity index (χ1) is 9.96. The molecule has 0 aromatic carbocycles. The molecule has 5 rings (SSSR count). The molecule has 1 saturated heterocycles. The van der Waals surface area contributed by atoms with Crippen LogP contribution in [0.1, 0.15) is 65.2 Å². The Hall–Kier alpha value is -0.570. The van der Waals surface area contributed by atoms with Crippen molar-refractivity contribution in [2.24, 2.45) is 23.2 Å². The van der Waals surface area contributed by atoms with E-state index in [0.717, 1.165) is 30.7 Å². The maximum Gasteiger partial charge on any atom is 0.238 e. The van der Waals surface area contributed by atoms with Crippen LogP contribution in [0.2, 0.25) is 0 Å². The topological polar surface area (TPSA) is 41.1 Å². The van der Waals surface area contributed by atoms with Gasteiger partial charge >= 0.3 is 0 Å². The molecule has 5 fully saturated rings. The molecule has 1 unspecified atom stereocenters. The van der Waals surface area contributed by atoms with Crippen LogP contribution in [-0.2, 0) is 4.79 Å². The third-order valence-corrected chi connectivity index (χ3v) is 6.82. The maximum absolute atomic E-state index is 12.9. The zero-order valence-electron chi connectivity index (χ0n) is 13.6. The predicted octanol–water partition coefficient (Wildman–Crippen LogP) is 2.85. The summed E-state index contributed by atoms with van der Waals surface area (Å²) in [6, 6.07) is -0.000690. The predicted molar refractivity (Wildman–Crippen MR) is 83.9 cm³/mol. The molecule has 2 N–H and O–H groups in total. The molecule has 4 aliphatic carbocycles. The van der Waals surface area contributed by atoms with E-state index in [9.17, 15) is 4.79 Å². The van der Waals surface area contributed by atoms with Crippen LogP contribution >= 0.6 is 0 Å². The third kappa shape index (κ3) is 2.42. The zero-order valence-corrected chi connectivity index (χ0v) is 13.6. The molecule has 3 nitrogen and oxygen atoms in total. The smallest absolute Gasteiger partial charge is 0.238 e. The van der Waals surface area contributed by atoms with Gasteiger partial charge in [0.1, 0.15) is 0 Å². The number of rotatable bonds is 2. The number of hydrogen-bond donors (Lipinski definition) is 2. The fraction of sp³-hybridized carbons (Fsp3) is 0.944. The van der Waals surface area contributed by atoms with Gasteiger partial charge in [0.15, 0.2) is 0 Å². The van der Waals surface area contributed by atoms with Gasteiger partial charge in [0.25, 0.3) is 0 Å². The highest BCUT2D eigenvalue weighted by Crippen LogP contribution is 2.55. The second kappa shape index (κ2) is 4.71. The summed E-state index contributed by atoms with van der Waals surface area (Å²) in [5, 5.41) is 7.03. The number of piperidine rings is 1. The summed E-state index contributed by atoms with van der Waals surface area (Å²) in [6.07, 6.45) is 10.4. The zero-order chi connectivity index (χ0) is 14.7. The van der Waals surface area contributed by atoms with Gasteiger partial charge in [-0.3, -0.25) is 4.79 Å². The number of hydrogen-bond acceptors (Lipinski definition) is 2.